The fraction of sp³-hybridized carbons (Fsp3) is 0.529. The van der Waals surface area contributed by atoms with Gasteiger partial charge in [-0.25, -0.2) is 0 Å². The minimum Gasteiger partial charge on any atom is -0.493 e. The van der Waals surface area contributed by atoms with Gasteiger partial charge in [-0.3, -0.25) is 4.21 Å². The molecule has 130 valence electrons. The molecule has 1 heterocycles. The van der Waals surface area contributed by atoms with Crippen molar-refractivity contribution in [1.29, 1.82) is 0 Å². The summed E-state index contributed by atoms with van der Waals surface area (Å²) in [6, 6.07) is 7.99. The summed E-state index contributed by atoms with van der Waals surface area (Å²) in [6.07, 6.45) is 6.68. The molecule has 0 radical (unpaired) electrons. The van der Waals surface area contributed by atoms with E-state index in [0.29, 0.717) is 18.4 Å². The maximum Gasteiger partial charge on any atom is 0.221 e. The first-order valence-electron chi connectivity index (χ1n) is 8.04. The highest BCUT2D eigenvalue weighted by atomic mass is 32.2. The summed E-state index contributed by atoms with van der Waals surface area (Å²) in [5, 5.41) is 8.40. The van der Waals surface area contributed by atoms with Gasteiger partial charge in [-0.1, -0.05) is 18.6 Å². The van der Waals surface area contributed by atoms with E-state index >= 15 is 0 Å². The van der Waals surface area contributed by atoms with E-state index in [0.717, 1.165) is 30.7 Å². The SMILES string of the molecule is COCc1cccc(OCC2(Cn3cnnc3[S@](C)=O)CCC2)c1. The first-order chi connectivity index (χ1) is 11.6. The predicted octanol–water partition coefficient (Wildman–Crippen LogP) is 2.41. The third kappa shape index (κ3) is 3.84. The van der Waals surface area contributed by atoms with E-state index < -0.39 is 10.8 Å². The summed E-state index contributed by atoms with van der Waals surface area (Å²) in [5.41, 5.74) is 1.16. The van der Waals surface area contributed by atoms with Gasteiger partial charge in [0, 0.05) is 25.3 Å². The molecule has 1 fully saturated rings. The van der Waals surface area contributed by atoms with E-state index in [9.17, 15) is 4.21 Å². The molecule has 1 aliphatic carbocycles. The van der Waals surface area contributed by atoms with Crippen LogP contribution >= 0.6 is 0 Å². The van der Waals surface area contributed by atoms with E-state index in [2.05, 4.69) is 10.2 Å². The number of hydrogen-bond acceptors (Lipinski definition) is 5. The van der Waals surface area contributed by atoms with E-state index in [-0.39, 0.29) is 5.41 Å². The van der Waals surface area contributed by atoms with E-state index in [1.54, 1.807) is 19.7 Å². The summed E-state index contributed by atoms with van der Waals surface area (Å²) < 4.78 is 24.9. The van der Waals surface area contributed by atoms with Gasteiger partial charge >= 0.3 is 0 Å². The molecule has 2 aromatic rings. The van der Waals surface area contributed by atoms with Crippen LogP contribution in [0.2, 0.25) is 0 Å². The average molecular weight is 349 g/mol. The molecule has 7 heteroatoms. The molecule has 1 saturated carbocycles. The van der Waals surface area contributed by atoms with Crippen molar-refractivity contribution in [3.8, 4) is 5.75 Å². The number of hydrogen-bond donors (Lipinski definition) is 0. The molecule has 1 aliphatic rings. The van der Waals surface area contributed by atoms with Gasteiger partial charge in [0.15, 0.2) is 0 Å². The molecule has 0 N–H and O–H groups in total. The van der Waals surface area contributed by atoms with Gasteiger partial charge < -0.3 is 14.0 Å². The van der Waals surface area contributed by atoms with Crippen LogP contribution in [0, 0.1) is 5.41 Å². The molecule has 1 aromatic heterocycles. The van der Waals surface area contributed by atoms with Crippen molar-refractivity contribution in [2.45, 2.75) is 37.6 Å². The summed E-state index contributed by atoms with van der Waals surface area (Å²) in [6.45, 7) is 1.96. The molecular weight excluding hydrogens is 326 g/mol. The van der Waals surface area contributed by atoms with Gasteiger partial charge in [-0.15, -0.1) is 10.2 Å². The Morgan fingerprint density at radius 2 is 2.21 bits per heavy atom. The molecule has 3 rings (SSSR count). The normalized spacial score (nSPS) is 17.2. The zero-order chi connectivity index (χ0) is 17.0. The number of nitrogens with zero attached hydrogens (tertiary/aromatic N) is 3. The van der Waals surface area contributed by atoms with Gasteiger partial charge in [0.25, 0.3) is 0 Å². The third-order valence-corrected chi connectivity index (χ3v) is 5.34. The van der Waals surface area contributed by atoms with Crippen LogP contribution in [0.1, 0.15) is 24.8 Å². The van der Waals surface area contributed by atoms with Crippen LogP contribution < -0.4 is 4.74 Å². The molecule has 6 nitrogen and oxygen atoms in total. The highest BCUT2D eigenvalue weighted by Crippen LogP contribution is 2.43. The Hall–Kier alpha value is -1.73. The van der Waals surface area contributed by atoms with Crippen LogP contribution in [0.4, 0.5) is 0 Å². The summed E-state index contributed by atoms with van der Waals surface area (Å²) in [7, 11) is 0.553. The Kier molecular flexibility index (Phi) is 5.30. The maximum atomic E-state index is 11.7. The first kappa shape index (κ1) is 17.1. The molecule has 0 saturated heterocycles. The molecule has 1 atom stereocenters. The van der Waals surface area contributed by atoms with E-state index in [4.69, 9.17) is 9.47 Å². The minimum absolute atomic E-state index is 0.0633. The largest absolute Gasteiger partial charge is 0.493 e. The van der Waals surface area contributed by atoms with Crippen molar-refractivity contribution < 1.29 is 13.7 Å². The van der Waals surface area contributed by atoms with Crippen molar-refractivity contribution in [1.82, 2.24) is 14.8 Å². The molecule has 0 aliphatic heterocycles. The van der Waals surface area contributed by atoms with Crippen LogP contribution in [0.5, 0.6) is 5.75 Å². The van der Waals surface area contributed by atoms with Crippen LogP contribution in [0.3, 0.4) is 0 Å². The summed E-state index contributed by atoms with van der Waals surface area (Å²) in [4.78, 5) is 0. The van der Waals surface area contributed by atoms with Crippen molar-refractivity contribution in [2.24, 2.45) is 5.41 Å². The standard InChI is InChI=1S/C17H23N3O3S/c1-22-10-14-5-3-6-15(9-14)23-12-17(7-4-8-17)11-20-13-18-19-16(20)24(2)21/h3,5-6,9,13H,4,7-8,10-12H2,1-2H3/t24-/m0/s1. The Morgan fingerprint density at radius 3 is 2.88 bits per heavy atom. The second kappa shape index (κ2) is 7.44. The van der Waals surface area contributed by atoms with E-state index in [1.165, 1.54) is 6.42 Å². The highest BCUT2D eigenvalue weighted by molar-refractivity contribution is 7.84. The van der Waals surface area contributed by atoms with Crippen molar-refractivity contribution in [3.05, 3.63) is 36.2 Å². The van der Waals surface area contributed by atoms with Gasteiger partial charge in [0.1, 0.15) is 12.1 Å². The fourth-order valence-corrected chi connectivity index (χ4v) is 3.69. The van der Waals surface area contributed by atoms with Crippen molar-refractivity contribution in [3.63, 3.8) is 0 Å². The van der Waals surface area contributed by atoms with Crippen LogP contribution in [0.25, 0.3) is 0 Å². The molecule has 24 heavy (non-hydrogen) atoms. The van der Waals surface area contributed by atoms with Crippen molar-refractivity contribution >= 4 is 10.8 Å². The predicted molar refractivity (Wildman–Crippen MR) is 91.3 cm³/mol. The second-order valence-corrected chi connectivity index (χ2v) is 7.69. The van der Waals surface area contributed by atoms with Gasteiger partial charge in [-0.05, 0) is 30.5 Å². The number of methoxy groups -OCH3 is 1. The average Bonchev–Trinajstić information content (AvgIpc) is 2.99. The molecule has 1 aromatic carbocycles. The summed E-state index contributed by atoms with van der Waals surface area (Å²) >= 11 is 0. The zero-order valence-electron chi connectivity index (χ0n) is 14.1. The topological polar surface area (TPSA) is 66.2 Å². The Bertz CT molecular complexity index is 713. The summed E-state index contributed by atoms with van der Waals surface area (Å²) in [5.74, 6) is 0.860. The lowest BCUT2D eigenvalue weighted by Crippen LogP contribution is -2.40. The quantitative estimate of drug-likeness (QED) is 0.732. The highest BCUT2D eigenvalue weighted by Gasteiger charge is 2.39. The van der Waals surface area contributed by atoms with Crippen LogP contribution in [0.15, 0.2) is 35.7 Å². The molecular formula is C17H23N3O3S. The van der Waals surface area contributed by atoms with Crippen LogP contribution in [-0.4, -0.2) is 38.9 Å². The van der Waals surface area contributed by atoms with Crippen molar-refractivity contribution in [2.75, 3.05) is 20.0 Å². The Balaban J connectivity index is 1.67. The number of rotatable bonds is 8. The lowest BCUT2D eigenvalue weighted by atomic mass is 9.69. The van der Waals surface area contributed by atoms with Gasteiger partial charge in [0.2, 0.25) is 5.16 Å². The fourth-order valence-electron chi connectivity index (χ4n) is 3.09. The van der Waals surface area contributed by atoms with Gasteiger partial charge in [-0.2, -0.15) is 0 Å². The number of aromatic nitrogens is 3. The van der Waals surface area contributed by atoms with E-state index in [1.807, 2.05) is 28.8 Å². The third-order valence-electron chi connectivity index (χ3n) is 4.51. The minimum atomic E-state index is -1.13. The lowest BCUT2D eigenvalue weighted by molar-refractivity contribution is 0.0370. The van der Waals surface area contributed by atoms with Gasteiger partial charge in [0.05, 0.1) is 24.0 Å². The smallest absolute Gasteiger partial charge is 0.221 e. The number of ether oxygens (including phenoxy) is 2. The maximum absolute atomic E-state index is 11.7. The molecule has 0 spiro atoms. The molecule has 0 amide bonds. The number of benzene rings is 1. The molecule has 0 unspecified atom stereocenters. The zero-order valence-corrected chi connectivity index (χ0v) is 14.9. The Labute approximate surface area is 144 Å². The lowest BCUT2D eigenvalue weighted by Gasteiger charge is -2.41. The van der Waals surface area contributed by atoms with Crippen LogP contribution in [-0.2, 0) is 28.7 Å². The second-order valence-electron chi connectivity index (χ2n) is 6.42. The Morgan fingerprint density at radius 1 is 1.38 bits per heavy atom. The monoisotopic (exact) mass is 349 g/mol. The first-order valence-corrected chi connectivity index (χ1v) is 9.60. The molecule has 0 bridgehead atoms.